The average Bonchev–Trinajstić information content (AvgIpc) is 2.44. The van der Waals surface area contributed by atoms with Crippen molar-refractivity contribution in [2.45, 2.75) is 39.2 Å². The fourth-order valence-electron chi connectivity index (χ4n) is 1.68. The third-order valence-corrected chi connectivity index (χ3v) is 2.79. The molecule has 1 aromatic carbocycles. The molecule has 3 N–H and O–H groups in total. The fraction of sp³-hybridized carbons (Fsp3) is 0.438. The van der Waals surface area contributed by atoms with E-state index in [2.05, 4.69) is 24.1 Å². The first-order chi connectivity index (χ1) is 9.26. The lowest BCUT2D eigenvalue weighted by atomic mass is 10.1. The van der Waals surface area contributed by atoms with Gasteiger partial charge in [0.15, 0.2) is 0 Å². The number of carbonyl (C=O) groups excluding carboxylic acids is 1. The number of nitrogens with two attached hydrogens (primary N) is 1. The first-order valence-electron chi connectivity index (χ1n) is 6.81. The highest BCUT2D eigenvalue weighted by Crippen LogP contribution is 2.04. The van der Waals surface area contributed by atoms with Gasteiger partial charge in [-0.05, 0) is 24.1 Å². The van der Waals surface area contributed by atoms with Crippen LogP contribution in [-0.2, 0) is 11.3 Å². The van der Waals surface area contributed by atoms with Crippen LogP contribution in [-0.4, -0.2) is 12.5 Å². The molecule has 1 rings (SSSR count). The molecule has 1 aromatic rings. The molecular formula is C16H22N2O. The van der Waals surface area contributed by atoms with Crippen LogP contribution in [0.3, 0.4) is 0 Å². The van der Waals surface area contributed by atoms with Crippen LogP contribution in [0, 0.1) is 11.8 Å². The molecule has 0 aromatic heterocycles. The smallest absolute Gasteiger partial charge is 0.220 e. The van der Waals surface area contributed by atoms with Gasteiger partial charge in [-0.15, -0.1) is 0 Å². The molecule has 0 heterocycles. The molecule has 0 atom stereocenters. The largest absolute Gasteiger partial charge is 0.352 e. The molecule has 0 aliphatic heterocycles. The Morgan fingerprint density at radius 2 is 2.00 bits per heavy atom. The number of nitrogens with one attached hydrogen (secondary N) is 1. The molecule has 0 spiro atoms. The van der Waals surface area contributed by atoms with E-state index >= 15 is 0 Å². The van der Waals surface area contributed by atoms with Crippen LogP contribution >= 0.6 is 0 Å². The number of rotatable bonds is 6. The van der Waals surface area contributed by atoms with Crippen molar-refractivity contribution in [1.82, 2.24) is 5.32 Å². The van der Waals surface area contributed by atoms with Gasteiger partial charge in [0.25, 0.3) is 0 Å². The number of benzene rings is 1. The minimum atomic E-state index is 0.125. The summed E-state index contributed by atoms with van der Waals surface area (Å²) in [6.45, 7) is 3.08. The summed E-state index contributed by atoms with van der Waals surface area (Å²) in [4.78, 5) is 11.6. The summed E-state index contributed by atoms with van der Waals surface area (Å²) in [6.07, 6.45) is 3.84. The van der Waals surface area contributed by atoms with Crippen LogP contribution in [0.25, 0.3) is 0 Å². The second-order valence-corrected chi connectivity index (χ2v) is 4.44. The molecule has 19 heavy (non-hydrogen) atoms. The average molecular weight is 258 g/mol. The SMILES string of the molecule is CCCCCC(=O)NCc1ccc(C#CCN)cc1. The highest BCUT2D eigenvalue weighted by Gasteiger charge is 2.00. The summed E-state index contributed by atoms with van der Waals surface area (Å²) in [6, 6.07) is 7.85. The van der Waals surface area contributed by atoms with Gasteiger partial charge in [0.05, 0.1) is 6.54 Å². The van der Waals surface area contributed by atoms with E-state index in [-0.39, 0.29) is 5.91 Å². The lowest BCUT2D eigenvalue weighted by Crippen LogP contribution is -2.22. The molecule has 3 heteroatoms. The Hall–Kier alpha value is -1.79. The summed E-state index contributed by atoms with van der Waals surface area (Å²) < 4.78 is 0. The zero-order valence-electron chi connectivity index (χ0n) is 11.5. The minimum Gasteiger partial charge on any atom is -0.352 e. The van der Waals surface area contributed by atoms with E-state index < -0.39 is 0 Å². The van der Waals surface area contributed by atoms with Crippen LogP contribution in [0.4, 0.5) is 0 Å². The van der Waals surface area contributed by atoms with E-state index in [4.69, 9.17) is 5.73 Å². The summed E-state index contributed by atoms with van der Waals surface area (Å²) in [5.41, 5.74) is 7.35. The molecule has 0 fully saturated rings. The van der Waals surface area contributed by atoms with Gasteiger partial charge in [0, 0.05) is 18.5 Å². The van der Waals surface area contributed by atoms with Gasteiger partial charge in [-0.3, -0.25) is 4.79 Å². The molecule has 0 saturated carbocycles. The minimum absolute atomic E-state index is 0.125. The van der Waals surface area contributed by atoms with Gasteiger partial charge in [0.1, 0.15) is 0 Å². The van der Waals surface area contributed by atoms with Crippen molar-refractivity contribution in [2.75, 3.05) is 6.54 Å². The maximum Gasteiger partial charge on any atom is 0.220 e. The molecule has 0 aliphatic rings. The van der Waals surface area contributed by atoms with Crippen molar-refractivity contribution in [3.63, 3.8) is 0 Å². The Morgan fingerprint density at radius 1 is 1.26 bits per heavy atom. The van der Waals surface area contributed by atoms with E-state index in [1.165, 1.54) is 0 Å². The summed E-state index contributed by atoms with van der Waals surface area (Å²) >= 11 is 0. The Morgan fingerprint density at radius 3 is 2.63 bits per heavy atom. The lowest BCUT2D eigenvalue weighted by Gasteiger charge is -2.05. The highest BCUT2D eigenvalue weighted by molar-refractivity contribution is 5.75. The van der Waals surface area contributed by atoms with Crippen molar-refractivity contribution in [3.8, 4) is 11.8 Å². The molecule has 0 radical (unpaired) electrons. The maximum absolute atomic E-state index is 11.6. The van der Waals surface area contributed by atoms with E-state index in [0.29, 0.717) is 19.5 Å². The van der Waals surface area contributed by atoms with Gasteiger partial charge in [0.2, 0.25) is 5.91 Å². The first-order valence-corrected chi connectivity index (χ1v) is 6.81. The predicted octanol–water partition coefficient (Wildman–Crippen LogP) is 2.19. The van der Waals surface area contributed by atoms with E-state index in [1.54, 1.807) is 0 Å². The van der Waals surface area contributed by atoms with Gasteiger partial charge in [-0.1, -0.05) is 43.7 Å². The third-order valence-electron chi connectivity index (χ3n) is 2.79. The van der Waals surface area contributed by atoms with Gasteiger partial charge < -0.3 is 11.1 Å². The zero-order valence-corrected chi connectivity index (χ0v) is 11.5. The number of hydrogen-bond acceptors (Lipinski definition) is 2. The van der Waals surface area contributed by atoms with Crippen molar-refractivity contribution < 1.29 is 4.79 Å². The van der Waals surface area contributed by atoms with Crippen LogP contribution in [0.5, 0.6) is 0 Å². The quantitative estimate of drug-likeness (QED) is 0.607. The number of amides is 1. The van der Waals surface area contributed by atoms with E-state index in [1.807, 2.05) is 24.3 Å². The molecular weight excluding hydrogens is 236 g/mol. The van der Waals surface area contributed by atoms with E-state index in [0.717, 1.165) is 30.4 Å². The molecule has 1 amide bonds. The normalized spacial score (nSPS) is 9.58. The fourth-order valence-corrected chi connectivity index (χ4v) is 1.68. The van der Waals surface area contributed by atoms with Crippen LogP contribution in [0.15, 0.2) is 24.3 Å². The highest BCUT2D eigenvalue weighted by atomic mass is 16.1. The molecule has 0 saturated heterocycles. The van der Waals surface area contributed by atoms with Crippen LogP contribution in [0.2, 0.25) is 0 Å². The number of hydrogen-bond donors (Lipinski definition) is 2. The number of carbonyl (C=O) groups is 1. The lowest BCUT2D eigenvalue weighted by molar-refractivity contribution is -0.121. The van der Waals surface area contributed by atoms with Gasteiger partial charge in [-0.2, -0.15) is 0 Å². The second kappa shape index (κ2) is 9.18. The Balaban J connectivity index is 2.35. The van der Waals surface area contributed by atoms with E-state index in [9.17, 15) is 4.79 Å². The monoisotopic (exact) mass is 258 g/mol. The summed E-state index contributed by atoms with van der Waals surface area (Å²) in [5, 5.41) is 2.93. The zero-order chi connectivity index (χ0) is 13.9. The first kappa shape index (κ1) is 15.3. The molecule has 0 unspecified atom stereocenters. The Labute approximate surface area is 115 Å². The summed E-state index contributed by atoms with van der Waals surface area (Å²) in [7, 11) is 0. The second-order valence-electron chi connectivity index (χ2n) is 4.44. The molecule has 3 nitrogen and oxygen atoms in total. The third kappa shape index (κ3) is 6.64. The maximum atomic E-state index is 11.6. The predicted molar refractivity (Wildman–Crippen MR) is 78.4 cm³/mol. The number of unbranched alkanes of at least 4 members (excludes halogenated alkanes) is 2. The van der Waals surface area contributed by atoms with Crippen molar-refractivity contribution in [2.24, 2.45) is 5.73 Å². The molecule has 0 aliphatic carbocycles. The van der Waals surface area contributed by atoms with Crippen LogP contribution in [0.1, 0.15) is 43.7 Å². The molecule has 102 valence electrons. The van der Waals surface area contributed by atoms with Crippen molar-refractivity contribution in [1.29, 1.82) is 0 Å². The van der Waals surface area contributed by atoms with Gasteiger partial charge >= 0.3 is 0 Å². The topological polar surface area (TPSA) is 55.1 Å². The van der Waals surface area contributed by atoms with Crippen molar-refractivity contribution in [3.05, 3.63) is 35.4 Å². The van der Waals surface area contributed by atoms with Gasteiger partial charge in [-0.25, -0.2) is 0 Å². The summed E-state index contributed by atoms with van der Waals surface area (Å²) in [5.74, 6) is 5.90. The van der Waals surface area contributed by atoms with Crippen LogP contribution < -0.4 is 11.1 Å². The molecule has 0 bridgehead atoms. The Bertz CT molecular complexity index is 440. The standard InChI is InChI=1S/C16H22N2O/c1-2-3-4-7-16(19)18-13-15-10-8-14(9-11-15)6-5-12-17/h8-11H,2-4,7,12-13,17H2,1H3,(H,18,19). The van der Waals surface area contributed by atoms with Crippen molar-refractivity contribution >= 4 is 5.91 Å². The Kier molecular flexibility index (Phi) is 7.38.